The molecule has 0 saturated heterocycles. The number of nitrogens with two attached hydrogens (primary N) is 1. The lowest BCUT2D eigenvalue weighted by Gasteiger charge is -2.22. The minimum atomic E-state index is -2.97. The summed E-state index contributed by atoms with van der Waals surface area (Å²) in [6, 6.07) is 0. The number of rotatable bonds is 7. The zero-order valence-corrected chi connectivity index (χ0v) is 10.6. The summed E-state index contributed by atoms with van der Waals surface area (Å²) in [5.74, 6) is 0.00834. The molecule has 0 saturated carbocycles. The van der Waals surface area contributed by atoms with E-state index in [0.29, 0.717) is 12.8 Å². The quantitative estimate of drug-likeness (QED) is 0.711. The third kappa shape index (κ3) is 6.62. The average Bonchev–Trinajstić information content (AvgIpc) is 2.01. The Morgan fingerprint density at radius 1 is 1.40 bits per heavy atom. The third-order valence-electron chi connectivity index (χ3n) is 2.33. The Labute approximate surface area is 92.2 Å². The first-order chi connectivity index (χ1) is 6.69. The Bertz CT molecular complexity index is 307. The van der Waals surface area contributed by atoms with Gasteiger partial charge in [0.05, 0.1) is 11.3 Å². The second-order valence-corrected chi connectivity index (χ2v) is 6.58. The van der Waals surface area contributed by atoms with Crippen molar-refractivity contribution >= 4 is 15.6 Å². The first kappa shape index (κ1) is 14.6. The fourth-order valence-corrected chi connectivity index (χ4v) is 2.11. The van der Waals surface area contributed by atoms with Gasteiger partial charge in [-0.25, -0.2) is 8.42 Å². The predicted octanol–water partition coefficient (Wildman–Crippen LogP) is 0.898. The summed E-state index contributed by atoms with van der Waals surface area (Å²) in [5, 5.41) is 0. The summed E-state index contributed by atoms with van der Waals surface area (Å²) >= 11 is 0. The molecule has 1 atom stereocenters. The molecule has 2 N–H and O–H groups in total. The maximum Gasteiger partial charge on any atom is 0.152 e. The molecule has 0 aromatic carbocycles. The summed E-state index contributed by atoms with van der Waals surface area (Å²) in [4.78, 5) is 11.6. The summed E-state index contributed by atoms with van der Waals surface area (Å²) in [5.41, 5.74) is 5.02. The highest BCUT2D eigenvalue weighted by molar-refractivity contribution is 7.90. The highest BCUT2D eigenvalue weighted by Crippen LogP contribution is 2.13. The second-order valence-electron chi connectivity index (χ2n) is 4.32. The smallest absolute Gasteiger partial charge is 0.152 e. The molecule has 5 heteroatoms. The Morgan fingerprint density at radius 3 is 2.33 bits per heavy atom. The van der Waals surface area contributed by atoms with Crippen LogP contribution in [-0.4, -0.2) is 31.7 Å². The first-order valence-electron chi connectivity index (χ1n) is 5.19. The topological polar surface area (TPSA) is 77.2 Å². The van der Waals surface area contributed by atoms with Gasteiger partial charge in [0, 0.05) is 12.7 Å². The van der Waals surface area contributed by atoms with E-state index in [1.807, 2.05) is 6.92 Å². The van der Waals surface area contributed by atoms with Gasteiger partial charge in [-0.15, -0.1) is 0 Å². The molecule has 0 heterocycles. The van der Waals surface area contributed by atoms with E-state index >= 15 is 0 Å². The van der Waals surface area contributed by atoms with Gasteiger partial charge in [-0.2, -0.15) is 0 Å². The van der Waals surface area contributed by atoms with Gasteiger partial charge in [0.25, 0.3) is 0 Å². The maximum atomic E-state index is 11.6. The second kappa shape index (κ2) is 5.61. The molecule has 0 fully saturated rings. The van der Waals surface area contributed by atoms with Crippen molar-refractivity contribution in [3.05, 3.63) is 0 Å². The van der Waals surface area contributed by atoms with Crippen molar-refractivity contribution in [2.75, 3.05) is 12.0 Å². The van der Waals surface area contributed by atoms with E-state index in [2.05, 4.69) is 0 Å². The molecule has 4 nitrogen and oxygen atoms in total. The molecule has 15 heavy (non-hydrogen) atoms. The predicted molar refractivity (Wildman–Crippen MR) is 61.5 cm³/mol. The third-order valence-corrected chi connectivity index (χ3v) is 3.36. The van der Waals surface area contributed by atoms with E-state index < -0.39 is 15.4 Å². The van der Waals surface area contributed by atoms with Gasteiger partial charge in [0.1, 0.15) is 9.84 Å². The minimum Gasteiger partial charge on any atom is -0.319 e. The van der Waals surface area contributed by atoms with Gasteiger partial charge in [-0.1, -0.05) is 13.3 Å². The van der Waals surface area contributed by atoms with Crippen molar-refractivity contribution < 1.29 is 13.2 Å². The zero-order chi connectivity index (χ0) is 12.1. The number of sulfone groups is 1. The van der Waals surface area contributed by atoms with Crippen LogP contribution < -0.4 is 5.73 Å². The van der Waals surface area contributed by atoms with Crippen molar-refractivity contribution in [1.29, 1.82) is 0 Å². The molecule has 0 aromatic heterocycles. The van der Waals surface area contributed by atoms with E-state index in [0.717, 1.165) is 6.42 Å². The van der Waals surface area contributed by atoms with Crippen LogP contribution in [0.4, 0.5) is 0 Å². The highest BCUT2D eigenvalue weighted by atomic mass is 32.2. The van der Waals surface area contributed by atoms with Crippen LogP contribution >= 0.6 is 0 Å². The molecular weight excluding hydrogens is 214 g/mol. The molecule has 0 radical (unpaired) electrons. The number of hydrogen-bond donors (Lipinski definition) is 1. The van der Waals surface area contributed by atoms with Gasteiger partial charge < -0.3 is 5.73 Å². The summed E-state index contributed by atoms with van der Waals surface area (Å²) in [6.07, 6.45) is 3.29. The van der Waals surface area contributed by atoms with E-state index in [1.54, 1.807) is 6.92 Å². The Balaban J connectivity index is 4.04. The van der Waals surface area contributed by atoms with Crippen LogP contribution in [-0.2, 0) is 14.6 Å². The van der Waals surface area contributed by atoms with Crippen LogP contribution in [0.3, 0.4) is 0 Å². The van der Waals surface area contributed by atoms with Crippen LogP contribution in [0.1, 0.15) is 39.5 Å². The molecule has 1 unspecified atom stereocenters. The zero-order valence-electron chi connectivity index (χ0n) is 9.75. The van der Waals surface area contributed by atoms with Crippen LogP contribution in [0, 0.1) is 0 Å². The van der Waals surface area contributed by atoms with E-state index in [-0.39, 0.29) is 18.0 Å². The van der Waals surface area contributed by atoms with Crippen LogP contribution in [0.5, 0.6) is 0 Å². The molecular formula is C10H21NO3S. The number of carbonyl (C=O) groups is 1. The number of hydrogen-bond acceptors (Lipinski definition) is 4. The van der Waals surface area contributed by atoms with E-state index in [4.69, 9.17) is 5.73 Å². The number of Topliss-reactive ketones (excluding diaryl/α,β-unsaturated/α-hetero) is 1. The minimum absolute atomic E-state index is 0.0481. The molecule has 0 aliphatic carbocycles. The first-order valence-corrected chi connectivity index (χ1v) is 7.25. The summed E-state index contributed by atoms with van der Waals surface area (Å²) < 4.78 is 21.7. The standard InChI is InChI=1S/C10H21NO3S/c1-4-7-10(2,11)9(12)6-5-8-15(3,13)14/h4-8,11H2,1-3H3. The monoisotopic (exact) mass is 235 g/mol. The highest BCUT2D eigenvalue weighted by Gasteiger charge is 2.26. The van der Waals surface area contributed by atoms with Gasteiger partial charge in [-0.05, 0) is 19.8 Å². The van der Waals surface area contributed by atoms with Crippen molar-refractivity contribution in [2.24, 2.45) is 5.73 Å². The molecule has 0 aliphatic rings. The number of ketones is 1. The summed E-state index contributed by atoms with van der Waals surface area (Å²) in [6.45, 7) is 3.67. The van der Waals surface area contributed by atoms with Crippen LogP contribution in [0.15, 0.2) is 0 Å². The molecule has 0 aromatic rings. The Kier molecular flexibility index (Phi) is 5.45. The Morgan fingerprint density at radius 2 is 1.93 bits per heavy atom. The lowest BCUT2D eigenvalue weighted by Crippen LogP contribution is -2.44. The van der Waals surface area contributed by atoms with Crippen molar-refractivity contribution in [3.63, 3.8) is 0 Å². The lowest BCUT2D eigenvalue weighted by molar-refractivity contribution is -0.123. The van der Waals surface area contributed by atoms with Gasteiger partial charge in [0.2, 0.25) is 0 Å². The van der Waals surface area contributed by atoms with Crippen molar-refractivity contribution in [1.82, 2.24) is 0 Å². The van der Waals surface area contributed by atoms with Crippen LogP contribution in [0.25, 0.3) is 0 Å². The molecule has 90 valence electrons. The molecule has 0 amide bonds. The fourth-order valence-electron chi connectivity index (χ4n) is 1.44. The van der Waals surface area contributed by atoms with Gasteiger partial charge >= 0.3 is 0 Å². The maximum absolute atomic E-state index is 11.6. The van der Waals surface area contributed by atoms with Crippen molar-refractivity contribution in [3.8, 4) is 0 Å². The largest absolute Gasteiger partial charge is 0.319 e. The fraction of sp³-hybridized carbons (Fsp3) is 0.900. The van der Waals surface area contributed by atoms with Gasteiger partial charge in [-0.3, -0.25) is 4.79 Å². The number of carbonyl (C=O) groups excluding carboxylic acids is 1. The molecule has 0 rings (SSSR count). The Hall–Kier alpha value is -0.420. The lowest BCUT2D eigenvalue weighted by atomic mass is 9.90. The SMILES string of the molecule is CCCC(C)(N)C(=O)CCCS(C)(=O)=O. The van der Waals surface area contributed by atoms with Crippen molar-refractivity contribution in [2.45, 2.75) is 45.1 Å². The van der Waals surface area contributed by atoms with E-state index in [1.165, 1.54) is 6.26 Å². The molecule has 0 aliphatic heterocycles. The normalized spacial score (nSPS) is 16.0. The van der Waals surface area contributed by atoms with Gasteiger partial charge in [0.15, 0.2) is 5.78 Å². The molecule has 0 bridgehead atoms. The van der Waals surface area contributed by atoms with E-state index in [9.17, 15) is 13.2 Å². The van der Waals surface area contributed by atoms with Crippen LogP contribution in [0.2, 0.25) is 0 Å². The summed E-state index contributed by atoms with van der Waals surface area (Å²) in [7, 11) is -2.97. The average molecular weight is 235 g/mol. The molecule has 0 spiro atoms.